The average molecular weight is 241 g/mol. The molecular formula is C12H19NO4. The summed E-state index contributed by atoms with van der Waals surface area (Å²) in [6.45, 7) is 4.10. The van der Waals surface area contributed by atoms with Crippen LogP contribution in [0.4, 0.5) is 0 Å². The minimum atomic E-state index is -0.615. The molecule has 0 aromatic carbocycles. The molecule has 0 bridgehead atoms. The van der Waals surface area contributed by atoms with E-state index in [9.17, 15) is 9.90 Å². The van der Waals surface area contributed by atoms with E-state index in [-0.39, 0.29) is 12.5 Å². The van der Waals surface area contributed by atoms with Gasteiger partial charge in [0, 0.05) is 19.2 Å². The van der Waals surface area contributed by atoms with Crippen molar-refractivity contribution in [3.05, 3.63) is 23.2 Å². The monoisotopic (exact) mass is 241 g/mol. The summed E-state index contributed by atoms with van der Waals surface area (Å²) < 4.78 is 10.0. The van der Waals surface area contributed by atoms with Gasteiger partial charge in [-0.2, -0.15) is 0 Å². The summed E-state index contributed by atoms with van der Waals surface area (Å²) in [5, 5.41) is 12.6. The molecule has 0 fully saturated rings. The van der Waals surface area contributed by atoms with E-state index in [2.05, 4.69) is 10.1 Å². The third-order valence-corrected chi connectivity index (χ3v) is 2.45. The molecule has 0 saturated heterocycles. The van der Waals surface area contributed by atoms with E-state index in [0.29, 0.717) is 13.0 Å². The molecule has 1 aromatic rings. The molecule has 17 heavy (non-hydrogen) atoms. The van der Waals surface area contributed by atoms with Gasteiger partial charge in [0.15, 0.2) is 0 Å². The summed E-state index contributed by atoms with van der Waals surface area (Å²) in [5.41, 5.74) is 0.781. The van der Waals surface area contributed by atoms with Crippen molar-refractivity contribution >= 4 is 5.91 Å². The van der Waals surface area contributed by atoms with Crippen LogP contribution in [0.25, 0.3) is 0 Å². The van der Waals surface area contributed by atoms with Gasteiger partial charge < -0.3 is 19.6 Å². The second kappa shape index (κ2) is 6.42. The van der Waals surface area contributed by atoms with Crippen LogP contribution in [0, 0.1) is 13.8 Å². The van der Waals surface area contributed by atoms with E-state index >= 15 is 0 Å². The highest BCUT2D eigenvalue weighted by molar-refractivity contribution is 5.77. The largest absolute Gasteiger partial charge is 0.466 e. The van der Waals surface area contributed by atoms with Crippen molar-refractivity contribution in [2.24, 2.45) is 0 Å². The molecule has 1 amide bonds. The topological polar surface area (TPSA) is 71.7 Å². The van der Waals surface area contributed by atoms with Crippen molar-refractivity contribution in [2.45, 2.75) is 26.4 Å². The second-order valence-corrected chi connectivity index (χ2v) is 3.96. The Morgan fingerprint density at radius 3 is 2.82 bits per heavy atom. The molecule has 0 radical (unpaired) electrons. The zero-order valence-electron chi connectivity index (χ0n) is 10.4. The normalized spacial score (nSPS) is 12.5. The van der Waals surface area contributed by atoms with Crippen LogP contribution < -0.4 is 5.32 Å². The smallest absolute Gasteiger partial charge is 0.245 e. The highest BCUT2D eigenvalue weighted by atomic mass is 16.5. The number of methoxy groups -OCH3 is 1. The predicted molar refractivity (Wildman–Crippen MR) is 62.6 cm³/mol. The second-order valence-electron chi connectivity index (χ2n) is 3.96. The molecule has 5 heteroatoms. The number of furan rings is 1. The van der Waals surface area contributed by atoms with Crippen molar-refractivity contribution < 1.29 is 19.1 Å². The Morgan fingerprint density at radius 1 is 1.59 bits per heavy atom. The van der Waals surface area contributed by atoms with Crippen LogP contribution >= 0.6 is 0 Å². The lowest BCUT2D eigenvalue weighted by Gasteiger charge is -2.10. The van der Waals surface area contributed by atoms with Crippen LogP contribution in [-0.4, -0.2) is 31.3 Å². The molecule has 5 nitrogen and oxygen atoms in total. The third kappa shape index (κ3) is 4.20. The van der Waals surface area contributed by atoms with Crippen molar-refractivity contribution in [1.82, 2.24) is 5.32 Å². The fraction of sp³-hybridized carbons (Fsp3) is 0.583. The first kappa shape index (κ1) is 13.7. The lowest BCUT2D eigenvalue weighted by atomic mass is 10.1. The van der Waals surface area contributed by atoms with Gasteiger partial charge in [0.1, 0.15) is 18.1 Å². The zero-order valence-corrected chi connectivity index (χ0v) is 10.4. The molecule has 0 saturated carbocycles. The van der Waals surface area contributed by atoms with E-state index in [4.69, 9.17) is 4.42 Å². The number of aryl methyl sites for hydroxylation is 2. The Morgan fingerprint density at radius 2 is 2.29 bits per heavy atom. The van der Waals surface area contributed by atoms with Gasteiger partial charge in [0.05, 0.1) is 6.10 Å². The van der Waals surface area contributed by atoms with E-state index in [0.717, 1.165) is 17.1 Å². The van der Waals surface area contributed by atoms with Crippen LogP contribution in [0.2, 0.25) is 0 Å². The van der Waals surface area contributed by atoms with E-state index in [1.807, 2.05) is 19.9 Å². The molecule has 1 aromatic heterocycles. The molecule has 0 aliphatic carbocycles. The lowest BCUT2D eigenvalue weighted by Crippen LogP contribution is -2.28. The minimum absolute atomic E-state index is 0.0416. The van der Waals surface area contributed by atoms with Crippen molar-refractivity contribution in [3.63, 3.8) is 0 Å². The van der Waals surface area contributed by atoms with E-state index < -0.39 is 6.10 Å². The first-order valence-electron chi connectivity index (χ1n) is 5.55. The van der Waals surface area contributed by atoms with Gasteiger partial charge in [0.25, 0.3) is 0 Å². The fourth-order valence-electron chi connectivity index (χ4n) is 1.67. The molecule has 1 unspecified atom stereocenters. The number of aliphatic hydroxyl groups is 1. The van der Waals surface area contributed by atoms with Crippen LogP contribution in [-0.2, 0) is 9.53 Å². The van der Waals surface area contributed by atoms with Crippen molar-refractivity contribution in [1.29, 1.82) is 0 Å². The van der Waals surface area contributed by atoms with Gasteiger partial charge in [-0.05, 0) is 26.3 Å². The third-order valence-electron chi connectivity index (χ3n) is 2.45. The number of ether oxygens (including phenoxy) is 1. The lowest BCUT2D eigenvalue weighted by molar-refractivity contribution is -0.124. The molecule has 96 valence electrons. The Hall–Kier alpha value is -1.33. The van der Waals surface area contributed by atoms with E-state index in [1.165, 1.54) is 7.11 Å². The minimum Gasteiger partial charge on any atom is -0.466 e. The summed E-state index contributed by atoms with van der Waals surface area (Å²) in [6.07, 6.45) is -0.162. The van der Waals surface area contributed by atoms with Gasteiger partial charge in [-0.25, -0.2) is 0 Å². The number of carbonyl (C=O) groups is 1. The van der Waals surface area contributed by atoms with Crippen molar-refractivity contribution in [2.75, 3.05) is 20.3 Å². The first-order chi connectivity index (χ1) is 8.04. The van der Waals surface area contributed by atoms with Gasteiger partial charge >= 0.3 is 0 Å². The highest BCUT2D eigenvalue weighted by Crippen LogP contribution is 2.23. The zero-order chi connectivity index (χ0) is 12.8. The number of aliphatic hydroxyl groups excluding tert-OH is 1. The maximum atomic E-state index is 11.1. The maximum Gasteiger partial charge on any atom is 0.245 e. The summed E-state index contributed by atoms with van der Waals surface area (Å²) in [5.74, 6) is 1.32. The highest BCUT2D eigenvalue weighted by Gasteiger charge is 2.14. The van der Waals surface area contributed by atoms with Crippen molar-refractivity contribution in [3.8, 4) is 0 Å². The summed E-state index contributed by atoms with van der Waals surface area (Å²) in [6, 6.07) is 1.82. The molecule has 1 rings (SSSR count). The van der Waals surface area contributed by atoms with Gasteiger partial charge in [-0.15, -0.1) is 0 Å². The summed E-state index contributed by atoms with van der Waals surface area (Å²) >= 11 is 0. The molecule has 1 heterocycles. The Bertz CT molecular complexity index is 373. The maximum absolute atomic E-state index is 11.1. The van der Waals surface area contributed by atoms with Crippen LogP contribution in [0.5, 0.6) is 0 Å². The number of hydrogen-bond acceptors (Lipinski definition) is 4. The molecule has 0 aliphatic heterocycles. The molecule has 0 aliphatic rings. The standard InChI is InChI=1S/C12H19NO4/c1-8-6-10(9(2)17-8)11(14)4-5-13-12(15)7-16-3/h6,11,14H,4-5,7H2,1-3H3,(H,13,15). The predicted octanol–water partition coefficient (Wildman–Crippen LogP) is 1.08. The summed E-state index contributed by atoms with van der Waals surface area (Å²) in [7, 11) is 1.46. The summed E-state index contributed by atoms with van der Waals surface area (Å²) in [4.78, 5) is 11.1. The average Bonchev–Trinajstić information content (AvgIpc) is 2.58. The number of hydrogen-bond donors (Lipinski definition) is 2. The Labute approximate surface area is 101 Å². The molecule has 1 atom stereocenters. The van der Waals surface area contributed by atoms with E-state index in [1.54, 1.807) is 0 Å². The Kier molecular flexibility index (Phi) is 5.18. The van der Waals surface area contributed by atoms with Crippen LogP contribution in [0.1, 0.15) is 29.6 Å². The number of amides is 1. The Balaban J connectivity index is 2.37. The quantitative estimate of drug-likeness (QED) is 0.781. The molecular weight excluding hydrogens is 222 g/mol. The number of nitrogens with one attached hydrogen (secondary N) is 1. The molecule has 2 N–H and O–H groups in total. The van der Waals surface area contributed by atoms with Gasteiger partial charge in [-0.3, -0.25) is 4.79 Å². The molecule has 0 spiro atoms. The van der Waals surface area contributed by atoms with Gasteiger partial charge in [-0.1, -0.05) is 0 Å². The first-order valence-corrected chi connectivity index (χ1v) is 5.55. The fourth-order valence-corrected chi connectivity index (χ4v) is 1.67. The SMILES string of the molecule is COCC(=O)NCCC(O)c1cc(C)oc1C. The van der Waals surface area contributed by atoms with Gasteiger partial charge in [0.2, 0.25) is 5.91 Å². The number of rotatable bonds is 6. The van der Waals surface area contributed by atoms with Crippen LogP contribution in [0.15, 0.2) is 10.5 Å². The number of carbonyl (C=O) groups excluding carboxylic acids is 1. The van der Waals surface area contributed by atoms with Crippen LogP contribution in [0.3, 0.4) is 0 Å².